The number of hydrogen-bond donors (Lipinski definition) is 1. The molecule has 2 heterocycles. The molecule has 0 bridgehead atoms. The SMILES string of the molecule is CC[C@@H](C)N(Cc1cccnc1)C(=O)c1ncn[nH]1. The third-order valence-corrected chi connectivity index (χ3v) is 3.08. The number of amides is 1. The Morgan fingerprint density at radius 1 is 1.53 bits per heavy atom. The van der Waals surface area contributed by atoms with Crippen molar-refractivity contribution in [2.24, 2.45) is 0 Å². The van der Waals surface area contributed by atoms with Crippen LogP contribution >= 0.6 is 0 Å². The second-order valence-electron chi connectivity index (χ2n) is 4.39. The molecule has 6 heteroatoms. The maximum absolute atomic E-state index is 12.4. The number of aromatic amines is 1. The normalized spacial score (nSPS) is 12.1. The number of carbonyl (C=O) groups excluding carboxylic acids is 1. The van der Waals surface area contributed by atoms with Gasteiger partial charge in [-0.2, -0.15) is 5.10 Å². The van der Waals surface area contributed by atoms with Gasteiger partial charge >= 0.3 is 0 Å². The molecule has 100 valence electrons. The number of pyridine rings is 1. The van der Waals surface area contributed by atoms with E-state index in [-0.39, 0.29) is 17.8 Å². The third-order valence-electron chi connectivity index (χ3n) is 3.08. The first-order valence-electron chi connectivity index (χ1n) is 6.27. The van der Waals surface area contributed by atoms with E-state index in [9.17, 15) is 4.79 Å². The minimum absolute atomic E-state index is 0.123. The summed E-state index contributed by atoms with van der Waals surface area (Å²) >= 11 is 0. The van der Waals surface area contributed by atoms with E-state index < -0.39 is 0 Å². The average Bonchev–Trinajstić information content (AvgIpc) is 2.98. The molecular formula is C13H17N5O. The van der Waals surface area contributed by atoms with Crippen LogP contribution in [0.2, 0.25) is 0 Å². The van der Waals surface area contributed by atoms with Gasteiger partial charge in [-0.05, 0) is 25.0 Å². The molecule has 0 saturated heterocycles. The third kappa shape index (κ3) is 3.15. The number of rotatable bonds is 5. The second kappa shape index (κ2) is 6.08. The molecule has 2 rings (SSSR count). The van der Waals surface area contributed by atoms with Gasteiger partial charge in [-0.15, -0.1) is 0 Å². The second-order valence-corrected chi connectivity index (χ2v) is 4.39. The van der Waals surface area contributed by atoms with Gasteiger partial charge in [0.2, 0.25) is 5.82 Å². The van der Waals surface area contributed by atoms with Crippen LogP contribution in [0.15, 0.2) is 30.9 Å². The summed E-state index contributed by atoms with van der Waals surface area (Å²) in [5, 5.41) is 6.34. The fraction of sp³-hybridized carbons (Fsp3) is 0.385. The summed E-state index contributed by atoms with van der Waals surface area (Å²) < 4.78 is 0. The van der Waals surface area contributed by atoms with Crippen LogP contribution in [-0.2, 0) is 6.54 Å². The van der Waals surface area contributed by atoms with Gasteiger partial charge in [-0.1, -0.05) is 13.0 Å². The Morgan fingerprint density at radius 3 is 2.95 bits per heavy atom. The summed E-state index contributed by atoms with van der Waals surface area (Å²) in [4.78, 5) is 22.2. The number of nitrogens with one attached hydrogen (secondary N) is 1. The number of H-pyrrole nitrogens is 1. The summed E-state index contributed by atoms with van der Waals surface area (Å²) in [5.74, 6) is 0.125. The average molecular weight is 259 g/mol. The predicted octanol–water partition coefficient (Wildman–Crippen LogP) is 1.64. The molecule has 0 aliphatic heterocycles. The van der Waals surface area contributed by atoms with Gasteiger partial charge in [0.25, 0.3) is 5.91 Å². The molecule has 19 heavy (non-hydrogen) atoms. The fourth-order valence-electron chi connectivity index (χ4n) is 1.78. The molecule has 2 aromatic rings. The molecule has 0 saturated carbocycles. The van der Waals surface area contributed by atoms with Crippen molar-refractivity contribution in [2.45, 2.75) is 32.9 Å². The van der Waals surface area contributed by atoms with Crippen LogP contribution in [0.25, 0.3) is 0 Å². The van der Waals surface area contributed by atoms with Crippen molar-refractivity contribution in [1.82, 2.24) is 25.1 Å². The molecule has 2 aromatic heterocycles. The number of carbonyl (C=O) groups is 1. The highest BCUT2D eigenvalue weighted by atomic mass is 16.2. The summed E-state index contributed by atoms with van der Waals surface area (Å²) in [6, 6.07) is 3.94. The summed E-state index contributed by atoms with van der Waals surface area (Å²) in [7, 11) is 0. The van der Waals surface area contributed by atoms with Crippen molar-refractivity contribution in [3.8, 4) is 0 Å². The first-order valence-corrected chi connectivity index (χ1v) is 6.27. The Morgan fingerprint density at radius 2 is 2.37 bits per heavy atom. The van der Waals surface area contributed by atoms with Gasteiger partial charge in [0, 0.05) is 25.0 Å². The Bertz CT molecular complexity index is 511. The van der Waals surface area contributed by atoms with Crippen molar-refractivity contribution in [3.63, 3.8) is 0 Å². The highest BCUT2D eigenvalue weighted by Gasteiger charge is 2.22. The van der Waals surface area contributed by atoms with Crippen LogP contribution in [0.5, 0.6) is 0 Å². The quantitative estimate of drug-likeness (QED) is 0.885. The van der Waals surface area contributed by atoms with E-state index in [1.807, 2.05) is 19.1 Å². The minimum atomic E-state index is -0.143. The fourth-order valence-corrected chi connectivity index (χ4v) is 1.78. The highest BCUT2D eigenvalue weighted by Crippen LogP contribution is 2.12. The molecule has 0 aliphatic carbocycles. The Hall–Kier alpha value is -2.24. The van der Waals surface area contributed by atoms with Crippen LogP contribution in [-0.4, -0.2) is 37.0 Å². The lowest BCUT2D eigenvalue weighted by molar-refractivity contribution is 0.0659. The largest absolute Gasteiger partial charge is 0.329 e. The number of nitrogens with zero attached hydrogens (tertiary/aromatic N) is 4. The lowest BCUT2D eigenvalue weighted by Gasteiger charge is -2.27. The van der Waals surface area contributed by atoms with Crippen LogP contribution in [0, 0.1) is 0 Å². The number of hydrogen-bond acceptors (Lipinski definition) is 4. The van der Waals surface area contributed by atoms with E-state index in [0.717, 1.165) is 12.0 Å². The maximum atomic E-state index is 12.4. The number of aromatic nitrogens is 4. The standard InChI is InChI=1S/C13H17N5O/c1-3-10(2)18(8-11-5-4-6-14-7-11)13(19)12-15-9-16-17-12/h4-7,9-10H,3,8H2,1-2H3,(H,15,16,17)/t10-/m1/s1. The molecule has 0 aromatic carbocycles. The van der Waals surface area contributed by atoms with E-state index in [1.54, 1.807) is 17.3 Å². The monoisotopic (exact) mass is 259 g/mol. The van der Waals surface area contributed by atoms with Gasteiger partial charge in [0.05, 0.1) is 0 Å². The summed E-state index contributed by atoms with van der Waals surface area (Å²) in [6.45, 7) is 4.58. The molecule has 0 spiro atoms. The van der Waals surface area contributed by atoms with Crippen LogP contribution in [0.3, 0.4) is 0 Å². The lowest BCUT2D eigenvalue weighted by Crippen LogP contribution is -2.38. The van der Waals surface area contributed by atoms with Crippen LogP contribution in [0.4, 0.5) is 0 Å². The van der Waals surface area contributed by atoms with Gasteiger partial charge in [-0.3, -0.25) is 14.9 Å². The van der Waals surface area contributed by atoms with Crippen molar-refractivity contribution < 1.29 is 4.79 Å². The van der Waals surface area contributed by atoms with Crippen molar-refractivity contribution in [1.29, 1.82) is 0 Å². The van der Waals surface area contributed by atoms with Gasteiger partial charge in [0.15, 0.2) is 0 Å². The highest BCUT2D eigenvalue weighted by molar-refractivity contribution is 5.90. The topological polar surface area (TPSA) is 74.8 Å². The van der Waals surface area contributed by atoms with Crippen molar-refractivity contribution in [3.05, 3.63) is 42.2 Å². The first-order chi connectivity index (χ1) is 9.22. The Labute approximate surface area is 111 Å². The van der Waals surface area contributed by atoms with Gasteiger partial charge < -0.3 is 4.90 Å². The molecule has 1 N–H and O–H groups in total. The van der Waals surface area contributed by atoms with Gasteiger partial charge in [-0.25, -0.2) is 4.98 Å². The summed E-state index contributed by atoms with van der Waals surface area (Å²) in [6.07, 6.45) is 5.70. The zero-order chi connectivity index (χ0) is 13.7. The molecular weight excluding hydrogens is 242 g/mol. The molecule has 1 atom stereocenters. The zero-order valence-corrected chi connectivity index (χ0v) is 11.1. The van der Waals surface area contributed by atoms with E-state index in [1.165, 1.54) is 6.33 Å². The molecule has 6 nitrogen and oxygen atoms in total. The molecule has 1 amide bonds. The zero-order valence-electron chi connectivity index (χ0n) is 11.1. The minimum Gasteiger partial charge on any atom is -0.329 e. The van der Waals surface area contributed by atoms with E-state index >= 15 is 0 Å². The molecule has 0 fully saturated rings. The van der Waals surface area contributed by atoms with E-state index in [4.69, 9.17) is 0 Å². The Kier molecular flexibility index (Phi) is 4.22. The Balaban J connectivity index is 2.19. The van der Waals surface area contributed by atoms with Crippen molar-refractivity contribution in [2.75, 3.05) is 0 Å². The first kappa shape index (κ1) is 13.2. The summed E-state index contributed by atoms with van der Waals surface area (Å²) in [5.41, 5.74) is 0.996. The van der Waals surface area contributed by atoms with Crippen molar-refractivity contribution >= 4 is 5.91 Å². The smallest absolute Gasteiger partial charge is 0.291 e. The van der Waals surface area contributed by atoms with E-state index in [2.05, 4.69) is 27.1 Å². The van der Waals surface area contributed by atoms with Crippen LogP contribution in [0.1, 0.15) is 36.5 Å². The molecule has 0 unspecified atom stereocenters. The predicted molar refractivity (Wildman–Crippen MR) is 70.2 cm³/mol. The molecule has 0 radical (unpaired) electrons. The lowest BCUT2D eigenvalue weighted by atomic mass is 10.1. The molecule has 0 aliphatic rings. The van der Waals surface area contributed by atoms with Gasteiger partial charge in [0.1, 0.15) is 6.33 Å². The van der Waals surface area contributed by atoms with Crippen LogP contribution < -0.4 is 0 Å². The van der Waals surface area contributed by atoms with E-state index in [0.29, 0.717) is 6.54 Å². The maximum Gasteiger partial charge on any atom is 0.291 e.